The molecule has 4 rings (SSSR count). The van der Waals surface area contributed by atoms with Gasteiger partial charge in [0.2, 0.25) is 0 Å². The summed E-state index contributed by atoms with van der Waals surface area (Å²) < 4.78 is 5.95. The van der Waals surface area contributed by atoms with Gasteiger partial charge >= 0.3 is 0 Å². The number of Topliss-reactive ketones (excluding diaryl/α,β-unsaturated/α-hetero) is 1. The molecule has 0 aliphatic heterocycles. The van der Waals surface area contributed by atoms with Crippen molar-refractivity contribution in [2.75, 3.05) is 6.61 Å². The van der Waals surface area contributed by atoms with Crippen molar-refractivity contribution in [2.45, 2.75) is 63.7 Å². The second-order valence-corrected chi connectivity index (χ2v) is 8.33. The molecule has 2 unspecified atom stereocenters. The van der Waals surface area contributed by atoms with Crippen LogP contribution in [0.25, 0.3) is 0 Å². The Hall–Kier alpha value is -2.29. The van der Waals surface area contributed by atoms with Crippen molar-refractivity contribution in [3.8, 4) is 11.5 Å². The van der Waals surface area contributed by atoms with E-state index in [9.17, 15) is 9.90 Å². The highest BCUT2D eigenvalue weighted by molar-refractivity contribution is 6.01. The van der Waals surface area contributed by atoms with Gasteiger partial charge in [-0.2, -0.15) is 0 Å². The van der Waals surface area contributed by atoms with Crippen LogP contribution in [-0.4, -0.2) is 17.5 Å². The normalized spacial score (nSPS) is 21.1. The van der Waals surface area contributed by atoms with Crippen LogP contribution in [0, 0.1) is 5.92 Å². The molecular formula is C25H30O3. The minimum atomic E-state index is 0.100. The highest BCUT2D eigenvalue weighted by atomic mass is 16.5. The molecule has 1 fully saturated rings. The Morgan fingerprint density at radius 2 is 1.82 bits per heavy atom. The SMILES string of the molecule is O=C1CC2CCCCC2c2cc(OCCCCCc3ccccc3)cc(O)c21. The largest absolute Gasteiger partial charge is 0.507 e. The molecule has 3 nitrogen and oxygen atoms in total. The van der Waals surface area contributed by atoms with E-state index in [1.807, 2.05) is 6.07 Å². The van der Waals surface area contributed by atoms with E-state index < -0.39 is 0 Å². The maximum absolute atomic E-state index is 12.5. The summed E-state index contributed by atoms with van der Waals surface area (Å²) in [6.07, 6.45) is 9.64. The fourth-order valence-corrected chi connectivity index (χ4v) is 4.95. The van der Waals surface area contributed by atoms with Crippen molar-refractivity contribution in [3.05, 3.63) is 59.2 Å². The van der Waals surface area contributed by atoms with Crippen LogP contribution in [0.3, 0.4) is 0 Å². The zero-order valence-corrected chi connectivity index (χ0v) is 16.5. The fraction of sp³-hybridized carbons (Fsp3) is 0.480. The predicted molar refractivity (Wildman–Crippen MR) is 111 cm³/mol. The van der Waals surface area contributed by atoms with Gasteiger partial charge in [-0.25, -0.2) is 0 Å². The van der Waals surface area contributed by atoms with Crippen LogP contribution < -0.4 is 4.74 Å². The number of hydrogen-bond donors (Lipinski definition) is 1. The molecule has 0 saturated heterocycles. The number of rotatable bonds is 7. The van der Waals surface area contributed by atoms with E-state index in [0.29, 0.717) is 36.2 Å². The molecule has 28 heavy (non-hydrogen) atoms. The molecule has 0 spiro atoms. The lowest BCUT2D eigenvalue weighted by Crippen LogP contribution is -2.27. The molecule has 0 amide bonds. The molecule has 2 aromatic carbocycles. The number of aromatic hydroxyl groups is 1. The Kier molecular flexibility index (Phi) is 5.99. The number of aryl methyl sites for hydroxylation is 1. The third kappa shape index (κ3) is 4.24. The standard InChI is InChI=1S/C25H30O3/c26-23-15-19-12-6-7-13-21(19)22-16-20(17-24(27)25(22)23)28-14-8-2-5-11-18-9-3-1-4-10-18/h1,3-4,9-10,16-17,19,21,27H,2,5-8,11-15H2. The average molecular weight is 379 g/mol. The molecule has 2 aromatic rings. The minimum Gasteiger partial charge on any atom is -0.507 e. The Bertz CT molecular complexity index is 812. The Morgan fingerprint density at radius 3 is 2.68 bits per heavy atom. The zero-order chi connectivity index (χ0) is 19.3. The molecule has 148 valence electrons. The van der Waals surface area contributed by atoms with Crippen LogP contribution in [0.5, 0.6) is 11.5 Å². The number of ketones is 1. The second kappa shape index (κ2) is 8.81. The van der Waals surface area contributed by atoms with E-state index in [1.54, 1.807) is 6.07 Å². The van der Waals surface area contributed by atoms with Gasteiger partial charge < -0.3 is 9.84 Å². The van der Waals surface area contributed by atoms with Crippen molar-refractivity contribution < 1.29 is 14.6 Å². The van der Waals surface area contributed by atoms with Gasteiger partial charge in [-0.3, -0.25) is 4.79 Å². The number of phenols is 1. The summed E-state index contributed by atoms with van der Waals surface area (Å²) in [5, 5.41) is 10.5. The van der Waals surface area contributed by atoms with Crippen LogP contribution in [-0.2, 0) is 6.42 Å². The van der Waals surface area contributed by atoms with Gasteiger partial charge in [0.15, 0.2) is 5.78 Å². The van der Waals surface area contributed by atoms with E-state index in [2.05, 4.69) is 30.3 Å². The van der Waals surface area contributed by atoms with Gasteiger partial charge in [0.05, 0.1) is 12.2 Å². The fourth-order valence-electron chi connectivity index (χ4n) is 4.95. The third-order valence-electron chi connectivity index (χ3n) is 6.38. The number of unbranched alkanes of at least 4 members (excludes halogenated alkanes) is 2. The van der Waals surface area contributed by atoms with Crippen LogP contribution in [0.2, 0.25) is 0 Å². The van der Waals surface area contributed by atoms with Crippen LogP contribution in [0.4, 0.5) is 0 Å². The van der Waals surface area contributed by atoms with Crippen LogP contribution in [0.15, 0.2) is 42.5 Å². The molecule has 2 aliphatic rings. The summed E-state index contributed by atoms with van der Waals surface area (Å²) in [6.45, 7) is 0.648. The first-order valence-electron chi connectivity index (χ1n) is 10.8. The van der Waals surface area contributed by atoms with Crippen molar-refractivity contribution in [2.24, 2.45) is 5.92 Å². The number of carbonyl (C=O) groups is 1. The summed E-state index contributed by atoms with van der Waals surface area (Å²) in [4.78, 5) is 12.5. The summed E-state index contributed by atoms with van der Waals surface area (Å²) in [6, 6.07) is 14.2. The van der Waals surface area contributed by atoms with Crippen molar-refractivity contribution in [3.63, 3.8) is 0 Å². The second-order valence-electron chi connectivity index (χ2n) is 8.33. The van der Waals surface area contributed by atoms with Crippen LogP contribution >= 0.6 is 0 Å². The lowest BCUT2D eigenvalue weighted by Gasteiger charge is -2.36. The van der Waals surface area contributed by atoms with Crippen molar-refractivity contribution in [1.29, 1.82) is 0 Å². The summed E-state index contributed by atoms with van der Waals surface area (Å²) in [5.41, 5.74) is 2.97. The zero-order valence-electron chi connectivity index (χ0n) is 16.5. The Balaban J connectivity index is 1.33. The topological polar surface area (TPSA) is 46.5 Å². The minimum absolute atomic E-state index is 0.100. The van der Waals surface area contributed by atoms with E-state index in [0.717, 1.165) is 44.1 Å². The summed E-state index contributed by atoms with van der Waals surface area (Å²) in [5.74, 6) is 1.76. The number of ether oxygens (including phenoxy) is 1. The molecule has 1 N–H and O–H groups in total. The van der Waals surface area contributed by atoms with Crippen LogP contribution in [0.1, 0.15) is 78.8 Å². The van der Waals surface area contributed by atoms with E-state index >= 15 is 0 Å². The first kappa shape index (κ1) is 19.0. The van der Waals surface area contributed by atoms with E-state index in [4.69, 9.17) is 4.74 Å². The summed E-state index contributed by atoms with van der Waals surface area (Å²) >= 11 is 0. The number of hydrogen-bond acceptors (Lipinski definition) is 3. The Morgan fingerprint density at radius 1 is 1.00 bits per heavy atom. The maximum atomic E-state index is 12.5. The van der Waals surface area contributed by atoms with E-state index in [1.165, 1.54) is 18.4 Å². The van der Waals surface area contributed by atoms with Gasteiger partial charge in [0.25, 0.3) is 0 Å². The monoisotopic (exact) mass is 378 g/mol. The Labute approximate surface area is 167 Å². The lowest BCUT2D eigenvalue weighted by atomic mass is 9.67. The number of benzene rings is 2. The first-order chi connectivity index (χ1) is 13.7. The van der Waals surface area contributed by atoms with Gasteiger partial charge in [0.1, 0.15) is 11.5 Å². The first-order valence-corrected chi connectivity index (χ1v) is 10.8. The summed E-state index contributed by atoms with van der Waals surface area (Å²) in [7, 11) is 0. The molecule has 1 saturated carbocycles. The van der Waals surface area contributed by atoms with Gasteiger partial charge in [-0.1, -0.05) is 43.2 Å². The molecule has 0 radical (unpaired) electrons. The van der Waals surface area contributed by atoms with Gasteiger partial charge in [-0.05, 0) is 67.6 Å². The highest BCUT2D eigenvalue weighted by Crippen LogP contribution is 2.48. The van der Waals surface area contributed by atoms with Gasteiger partial charge in [-0.15, -0.1) is 0 Å². The molecular weight excluding hydrogens is 348 g/mol. The van der Waals surface area contributed by atoms with Crippen molar-refractivity contribution in [1.82, 2.24) is 0 Å². The molecule has 3 heteroatoms. The maximum Gasteiger partial charge on any atom is 0.167 e. The van der Waals surface area contributed by atoms with Gasteiger partial charge in [0, 0.05) is 12.5 Å². The molecule has 2 atom stereocenters. The third-order valence-corrected chi connectivity index (χ3v) is 6.38. The molecule has 0 aromatic heterocycles. The lowest BCUT2D eigenvalue weighted by molar-refractivity contribution is 0.0915. The number of phenolic OH excluding ortho intramolecular Hbond substituents is 1. The van der Waals surface area contributed by atoms with Crippen molar-refractivity contribution >= 4 is 5.78 Å². The quantitative estimate of drug-likeness (QED) is 0.597. The van der Waals surface area contributed by atoms with E-state index in [-0.39, 0.29) is 11.5 Å². The smallest absolute Gasteiger partial charge is 0.167 e. The highest BCUT2D eigenvalue weighted by Gasteiger charge is 2.37. The molecule has 0 heterocycles. The number of carbonyl (C=O) groups excluding carboxylic acids is 1. The molecule has 0 bridgehead atoms. The molecule has 2 aliphatic carbocycles. The number of fused-ring (bicyclic) bond motifs is 3. The average Bonchev–Trinajstić information content (AvgIpc) is 2.71. The predicted octanol–water partition coefficient (Wildman–Crippen LogP) is 6.04.